The van der Waals surface area contributed by atoms with Crippen molar-refractivity contribution >= 4 is 0 Å². The first-order valence-electron chi connectivity index (χ1n) is 0. The van der Waals surface area contributed by atoms with Gasteiger partial charge in [-0.05, 0) is 0 Å². The minimum absolute atomic E-state index is 0. The molecule has 0 saturated heterocycles. The van der Waals surface area contributed by atoms with E-state index in [1.54, 1.807) is 0 Å². The van der Waals surface area contributed by atoms with E-state index in [0.717, 1.165) is 0 Å². The van der Waals surface area contributed by atoms with Crippen LogP contribution in [0.4, 0.5) is 0 Å². The number of hydrogen-bond donors (Lipinski definition) is 0. The monoisotopic (exact) mass is 154 g/mol. The van der Waals surface area contributed by atoms with E-state index in [1.165, 1.54) is 0 Å². The molecule has 0 amide bonds. The molecule has 0 aromatic carbocycles. The molecule has 0 aliphatic rings. The predicted octanol–water partition coefficient (Wildman–Crippen LogP) is -15.0. The van der Waals surface area contributed by atoms with Crippen LogP contribution < -0.4 is 23.5 Å². The topological polar surface area (TPSA) is 0 Å². The van der Waals surface area contributed by atoms with E-state index < -0.39 is 0 Å². The maximum absolute atomic E-state index is 0. The fourth-order valence-corrected chi connectivity index (χ4v) is 0. The van der Waals surface area contributed by atoms with Crippen molar-refractivity contribution in [2.45, 2.75) is 0 Å². The van der Waals surface area contributed by atoms with Crippen LogP contribution in [0.2, 0.25) is 0 Å². The third kappa shape index (κ3) is 1690. The van der Waals surface area contributed by atoms with E-state index in [-0.39, 0.29) is 40.3 Å². The maximum atomic E-state index is 0. The molecule has 0 aromatic heterocycles. The molecule has 1 radical (unpaired) electrons. The Hall–Kier alpha value is 0.156. The van der Waals surface area contributed by atoms with E-state index in [9.17, 15) is 0 Å². The molecule has 0 atom stereocenters. The van der Waals surface area contributed by atoms with Crippen LogP contribution in [0.5, 0.6) is 0 Å². The Balaban J connectivity index is 0. The summed E-state index contributed by atoms with van der Waals surface area (Å²) in [5, 5.41) is 0. The summed E-state index contributed by atoms with van der Waals surface area (Å²) in [5.41, 5.74) is 0. The van der Waals surface area contributed by atoms with Crippen molar-refractivity contribution in [3.05, 3.63) is 0 Å². The Morgan fingerprint density at radius 1 is 0.333 bits per heavy atom. The first kappa shape index (κ1) is 6680. The van der Waals surface area contributed by atoms with Gasteiger partial charge in [0.1, 0.15) is 0 Å². The molecule has 0 aliphatic carbocycles. The Bertz CT molecular complexity index is 3.90. The Kier molecular flexibility index (Phi) is 4050000. The predicted molar refractivity (Wildman–Crippen MR) is 0 cm³/mol. The van der Waals surface area contributed by atoms with E-state index in [2.05, 4.69) is 0 Å². The van der Waals surface area contributed by atoms with E-state index in [4.69, 9.17) is 0 Å². The molecule has 0 fully saturated rings. The summed E-state index contributed by atoms with van der Waals surface area (Å²) < 4.78 is 0. The number of rotatable bonds is 0. The van der Waals surface area contributed by atoms with Crippen molar-refractivity contribution in [1.29, 1.82) is 0 Å². The van der Waals surface area contributed by atoms with Gasteiger partial charge in [-0.15, -0.1) is 0 Å². The second-order valence-electron chi connectivity index (χ2n) is 0. The molecule has 0 saturated carbocycles. The molecule has 49 valence electrons. The van der Waals surface area contributed by atoms with Crippen LogP contribution in [0.25, 0.3) is 0 Å². The standard InChI is InChI=1S/Co.5FH/h;5*1H/p-5. The smallest absolute Gasteiger partial charge is 0 e. The van der Waals surface area contributed by atoms with Crippen LogP contribution in [0, 0.1) is 0 Å². The molecule has 0 heterocycles. The molecule has 0 N–H and O–H groups in total. The van der Waals surface area contributed by atoms with Gasteiger partial charge in [0.25, 0.3) is 0 Å². The maximum Gasteiger partial charge on any atom is 0 e. The molecule has 6 heavy (non-hydrogen) atoms. The SMILES string of the molecule is [Co].[F-].[F-].[F-].[F-].[F-]. The summed E-state index contributed by atoms with van der Waals surface area (Å²) in [4.78, 5) is 0. The van der Waals surface area contributed by atoms with Crippen molar-refractivity contribution in [3.63, 3.8) is 0 Å². The molecule has 0 nitrogen and oxygen atoms in total. The summed E-state index contributed by atoms with van der Waals surface area (Å²) in [6.45, 7) is 0. The quantitative estimate of drug-likeness (QED) is 0.304. The van der Waals surface area contributed by atoms with Gasteiger partial charge in [-0.2, -0.15) is 0 Å². The summed E-state index contributed by atoms with van der Waals surface area (Å²) in [6, 6.07) is 0. The molecular formula is CoF5-5. The van der Waals surface area contributed by atoms with Crippen LogP contribution in [0.3, 0.4) is 0 Å². The van der Waals surface area contributed by atoms with Gasteiger partial charge < -0.3 is 23.5 Å². The van der Waals surface area contributed by atoms with Crippen LogP contribution in [-0.2, 0) is 16.8 Å². The van der Waals surface area contributed by atoms with Crippen LogP contribution >= 0.6 is 0 Å². The fourth-order valence-electron chi connectivity index (χ4n) is 0. The summed E-state index contributed by atoms with van der Waals surface area (Å²) in [5.74, 6) is 0. The summed E-state index contributed by atoms with van der Waals surface area (Å²) in [7, 11) is 0. The van der Waals surface area contributed by atoms with Gasteiger partial charge >= 0.3 is 0 Å². The normalized spacial score (nSPS) is 0. The van der Waals surface area contributed by atoms with E-state index in [0.29, 0.717) is 0 Å². The second kappa shape index (κ2) is 3640. The number of halogens is 5. The van der Waals surface area contributed by atoms with Crippen molar-refractivity contribution in [2.24, 2.45) is 0 Å². The minimum Gasteiger partial charge on any atom is -1.00 e. The zero-order valence-corrected chi connectivity index (χ0v) is 3.26. The van der Waals surface area contributed by atoms with Crippen molar-refractivity contribution in [2.75, 3.05) is 0 Å². The molecule has 0 bridgehead atoms. The molecule has 0 aromatic rings. The first-order chi connectivity index (χ1) is 0. The second-order valence-corrected chi connectivity index (χ2v) is 0. The summed E-state index contributed by atoms with van der Waals surface area (Å²) >= 11 is 0. The van der Waals surface area contributed by atoms with Crippen LogP contribution in [-0.4, -0.2) is 0 Å². The average molecular weight is 154 g/mol. The van der Waals surface area contributed by atoms with Gasteiger partial charge in [0.2, 0.25) is 0 Å². The minimum atomic E-state index is 0. The molecule has 0 aliphatic heterocycles. The zero-order valence-electron chi connectivity index (χ0n) is 2.22. The van der Waals surface area contributed by atoms with E-state index in [1.807, 2.05) is 0 Å². The molecule has 6 heteroatoms. The van der Waals surface area contributed by atoms with E-state index >= 15 is 0 Å². The van der Waals surface area contributed by atoms with Gasteiger partial charge in [0.05, 0.1) is 0 Å². The Labute approximate surface area is 41.3 Å². The molecule has 0 spiro atoms. The first-order valence-corrected chi connectivity index (χ1v) is 0. The molecule has 0 unspecified atom stereocenters. The van der Waals surface area contributed by atoms with Crippen molar-refractivity contribution in [3.8, 4) is 0 Å². The van der Waals surface area contributed by atoms with Gasteiger partial charge in [-0.1, -0.05) is 0 Å². The van der Waals surface area contributed by atoms with Gasteiger partial charge in [-0.25, -0.2) is 0 Å². The van der Waals surface area contributed by atoms with Crippen LogP contribution in [0.1, 0.15) is 0 Å². The third-order valence-corrected chi connectivity index (χ3v) is 0. The van der Waals surface area contributed by atoms with Crippen molar-refractivity contribution in [1.82, 2.24) is 0 Å². The van der Waals surface area contributed by atoms with Crippen LogP contribution in [0.15, 0.2) is 0 Å². The van der Waals surface area contributed by atoms with Gasteiger partial charge in [0.15, 0.2) is 0 Å². The molecule has 0 rings (SSSR count). The number of hydrogen-bond acceptors (Lipinski definition) is 0. The van der Waals surface area contributed by atoms with Crippen molar-refractivity contribution < 1.29 is 40.3 Å². The van der Waals surface area contributed by atoms with Gasteiger partial charge in [-0.3, -0.25) is 0 Å². The Morgan fingerprint density at radius 2 is 0.333 bits per heavy atom. The fraction of sp³-hybridized carbons (Fsp3) is 0. The summed E-state index contributed by atoms with van der Waals surface area (Å²) in [6.07, 6.45) is 0. The van der Waals surface area contributed by atoms with Gasteiger partial charge in [0, 0.05) is 16.8 Å². The third-order valence-electron chi connectivity index (χ3n) is 0. The average Bonchev–Trinajstić information content (AvgIpc) is 0. The Morgan fingerprint density at radius 3 is 0.333 bits per heavy atom. The zero-order chi connectivity index (χ0) is 0. The molecular weight excluding hydrogens is 154 g/mol. The largest absolute Gasteiger partial charge is 1.00 e.